The maximum Gasteiger partial charge on any atom is 0.312 e. The Balaban J connectivity index is 2.60. The number of nitrogens with one attached hydrogen (secondary N) is 2. The molecule has 0 aliphatic rings. The summed E-state index contributed by atoms with van der Waals surface area (Å²) in [7, 11) is 0. The van der Waals surface area contributed by atoms with Crippen LogP contribution in [-0.4, -0.2) is 18.0 Å². The lowest BCUT2D eigenvalue weighted by atomic mass is 10.2. The van der Waals surface area contributed by atoms with Gasteiger partial charge < -0.3 is 16.4 Å². The minimum Gasteiger partial charge on any atom is -0.352 e. The minimum atomic E-state index is -0.790. The molecule has 0 aliphatic carbocycles. The fourth-order valence-electron chi connectivity index (χ4n) is 1.10. The van der Waals surface area contributed by atoms with Crippen molar-refractivity contribution in [3.63, 3.8) is 0 Å². The molecule has 1 atom stereocenters. The van der Waals surface area contributed by atoms with Gasteiger partial charge in [0, 0.05) is 5.69 Å². The molecule has 0 fully saturated rings. The molecule has 1 aromatic rings. The standard InChI is InChI=1S/C10H12FN3O2/c1-6(13-10(12)16)9(15)14-8-4-2-3-7(11)5-8/h2-6H,1H3,(H,14,15)(H3,12,13,16)/t6-/m1/s1. The first-order chi connectivity index (χ1) is 7.49. The molecule has 0 aromatic heterocycles. The molecule has 0 aliphatic heterocycles. The highest BCUT2D eigenvalue weighted by atomic mass is 19.1. The first-order valence-electron chi connectivity index (χ1n) is 4.61. The number of nitrogens with two attached hydrogens (primary N) is 1. The quantitative estimate of drug-likeness (QED) is 0.711. The fourth-order valence-corrected chi connectivity index (χ4v) is 1.10. The van der Waals surface area contributed by atoms with E-state index in [1.807, 2.05) is 0 Å². The van der Waals surface area contributed by atoms with Gasteiger partial charge in [-0.2, -0.15) is 0 Å². The van der Waals surface area contributed by atoms with Crippen molar-refractivity contribution in [1.82, 2.24) is 5.32 Å². The Bertz CT molecular complexity index is 409. The third kappa shape index (κ3) is 3.56. The Kier molecular flexibility index (Phi) is 3.82. The molecule has 5 nitrogen and oxygen atoms in total. The van der Waals surface area contributed by atoms with Crippen LogP contribution in [-0.2, 0) is 4.79 Å². The molecule has 0 radical (unpaired) electrons. The zero-order valence-corrected chi connectivity index (χ0v) is 8.66. The number of amides is 3. The first kappa shape index (κ1) is 12.0. The van der Waals surface area contributed by atoms with E-state index in [0.29, 0.717) is 5.69 Å². The third-order valence-corrected chi connectivity index (χ3v) is 1.84. The Morgan fingerprint density at radius 2 is 2.12 bits per heavy atom. The van der Waals surface area contributed by atoms with Crippen molar-refractivity contribution in [2.24, 2.45) is 5.73 Å². The van der Waals surface area contributed by atoms with E-state index >= 15 is 0 Å². The summed E-state index contributed by atoms with van der Waals surface area (Å²) in [6, 6.07) is 3.88. The Morgan fingerprint density at radius 3 is 2.69 bits per heavy atom. The van der Waals surface area contributed by atoms with Crippen molar-refractivity contribution in [3.05, 3.63) is 30.1 Å². The molecule has 0 saturated carbocycles. The van der Waals surface area contributed by atoms with Crippen molar-refractivity contribution in [3.8, 4) is 0 Å². The zero-order chi connectivity index (χ0) is 12.1. The summed E-state index contributed by atoms with van der Waals surface area (Å²) in [6.45, 7) is 1.47. The van der Waals surface area contributed by atoms with Gasteiger partial charge in [0.05, 0.1) is 0 Å². The lowest BCUT2D eigenvalue weighted by Crippen LogP contribution is -2.44. The van der Waals surface area contributed by atoms with Crippen LogP contribution in [0.5, 0.6) is 0 Å². The van der Waals surface area contributed by atoms with Crippen molar-refractivity contribution in [2.75, 3.05) is 5.32 Å². The molecule has 0 saturated heterocycles. The second-order valence-electron chi connectivity index (χ2n) is 3.23. The van der Waals surface area contributed by atoms with Crippen molar-refractivity contribution in [1.29, 1.82) is 0 Å². The van der Waals surface area contributed by atoms with Crippen LogP contribution in [0, 0.1) is 5.82 Å². The summed E-state index contributed by atoms with van der Waals surface area (Å²) in [5, 5.41) is 4.65. The summed E-state index contributed by atoms with van der Waals surface area (Å²) in [5.41, 5.74) is 5.18. The van der Waals surface area contributed by atoms with E-state index in [4.69, 9.17) is 5.73 Å². The van der Waals surface area contributed by atoms with Crippen molar-refractivity contribution >= 4 is 17.6 Å². The summed E-state index contributed by atoms with van der Waals surface area (Å²) in [4.78, 5) is 21.9. The van der Waals surface area contributed by atoms with Gasteiger partial charge in [-0.3, -0.25) is 4.79 Å². The van der Waals surface area contributed by atoms with Crippen LogP contribution in [0.15, 0.2) is 24.3 Å². The van der Waals surface area contributed by atoms with Crippen LogP contribution in [0.1, 0.15) is 6.92 Å². The van der Waals surface area contributed by atoms with Gasteiger partial charge in [0.25, 0.3) is 0 Å². The second kappa shape index (κ2) is 5.11. The van der Waals surface area contributed by atoms with Gasteiger partial charge in [0.15, 0.2) is 0 Å². The predicted molar refractivity (Wildman–Crippen MR) is 57.2 cm³/mol. The number of carbonyl (C=O) groups excluding carboxylic acids is 2. The molecule has 16 heavy (non-hydrogen) atoms. The largest absolute Gasteiger partial charge is 0.352 e. The molecule has 0 bridgehead atoms. The molecular formula is C10H12FN3O2. The molecule has 6 heteroatoms. The average Bonchev–Trinajstić information content (AvgIpc) is 2.16. The smallest absolute Gasteiger partial charge is 0.312 e. The van der Waals surface area contributed by atoms with E-state index in [0.717, 1.165) is 0 Å². The summed E-state index contributed by atoms with van der Waals surface area (Å²) >= 11 is 0. The minimum absolute atomic E-state index is 0.322. The average molecular weight is 225 g/mol. The van der Waals surface area contributed by atoms with Crippen LogP contribution < -0.4 is 16.4 Å². The van der Waals surface area contributed by atoms with Gasteiger partial charge in [-0.05, 0) is 25.1 Å². The molecular weight excluding hydrogens is 213 g/mol. The highest BCUT2D eigenvalue weighted by Crippen LogP contribution is 2.09. The predicted octanol–water partition coefficient (Wildman–Crippen LogP) is 0.821. The lowest BCUT2D eigenvalue weighted by molar-refractivity contribution is -0.117. The highest BCUT2D eigenvalue weighted by Gasteiger charge is 2.13. The lowest BCUT2D eigenvalue weighted by Gasteiger charge is -2.12. The van der Waals surface area contributed by atoms with E-state index in [9.17, 15) is 14.0 Å². The maximum absolute atomic E-state index is 12.8. The normalized spacial score (nSPS) is 11.6. The molecule has 0 spiro atoms. The molecule has 0 unspecified atom stereocenters. The Hall–Kier alpha value is -2.11. The van der Waals surface area contributed by atoms with E-state index in [1.165, 1.54) is 31.2 Å². The summed E-state index contributed by atoms with van der Waals surface area (Å²) < 4.78 is 12.8. The molecule has 86 valence electrons. The van der Waals surface area contributed by atoms with Crippen molar-refractivity contribution < 1.29 is 14.0 Å². The number of rotatable bonds is 3. The second-order valence-corrected chi connectivity index (χ2v) is 3.23. The van der Waals surface area contributed by atoms with Gasteiger partial charge in [0.1, 0.15) is 11.9 Å². The molecule has 0 heterocycles. The van der Waals surface area contributed by atoms with Gasteiger partial charge in [0.2, 0.25) is 5.91 Å². The van der Waals surface area contributed by atoms with E-state index in [-0.39, 0.29) is 0 Å². The molecule has 3 amide bonds. The van der Waals surface area contributed by atoms with Crippen molar-refractivity contribution in [2.45, 2.75) is 13.0 Å². The number of benzene rings is 1. The number of anilines is 1. The summed E-state index contributed by atoms with van der Waals surface area (Å²) in [6.07, 6.45) is 0. The number of primary amides is 1. The number of halogens is 1. The number of hydrogen-bond donors (Lipinski definition) is 3. The van der Waals surface area contributed by atoms with Crippen LogP contribution in [0.3, 0.4) is 0 Å². The summed E-state index contributed by atoms with van der Waals surface area (Å²) in [5.74, 6) is -0.919. The monoisotopic (exact) mass is 225 g/mol. The maximum atomic E-state index is 12.8. The number of hydrogen-bond acceptors (Lipinski definition) is 2. The highest BCUT2D eigenvalue weighted by molar-refractivity contribution is 5.96. The topological polar surface area (TPSA) is 84.2 Å². The van der Waals surface area contributed by atoms with Gasteiger partial charge in [-0.1, -0.05) is 6.07 Å². The fraction of sp³-hybridized carbons (Fsp3) is 0.200. The van der Waals surface area contributed by atoms with Gasteiger partial charge in [-0.25, -0.2) is 9.18 Å². The van der Waals surface area contributed by atoms with Crippen LogP contribution in [0.4, 0.5) is 14.9 Å². The van der Waals surface area contributed by atoms with Crippen LogP contribution in [0.25, 0.3) is 0 Å². The Morgan fingerprint density at radius 1 is 1.44 bits per heavy atom. The third-order valence-electron chi connectivity index (χ3n) is 1.84. The van der Waals surface area contributed by atoms with Gasteiger partial charge in [-0.15, -0.1) is 0 Å². The number of carbonyl (C=O) groups is 2. The van der Waals surface area contributed by atoms with E-state index < -0.39 is 23.8 Å². The van der Waals surface area contributed by atoms with E-state index in [2.05, 4.69) is 10.6 Å². The molecule has 1 aromatic carbocycles. The van der Waals surface area contributed by atoms with Crippen LogP contribution in [0.2, 0.25) is 0 Å². The van der Waals surface area contributed by atoms with E-state index in [1.54, 1.807) is 0 Å². The SMILES string of the molecule is C[C@@H](NC(N)=O)C(=O)Nc1cccc(F)c1. The van der Waals surface area contributed by atoms with Gasteiger partial charge >= 0.3 is 6.03 Å². The number of urea groups is 1. The first-order valence-corrected chi connectivity index (χ1v) is 4.61. The zero-order valence-electron chi connectivity index (χ0n) is 8.66. The van der Waals surface area contributed by atoms with Crippen LogP contribution >= 0.6 is 0 Å². The Labute approximate surface area is 91.8 Å². The molecule has 1 rings (SSSR count). The molecule has 4 N–H and O–H groups in total.